The summed E-state index contributed by atoms with van der Waals surface area (Å²) in [6.45, 7) is 1.77. The van der Waals surface area contributed by atoms with Crippen molar-refractivity contribution < 1.29 is 27.2 Å². The van der Waals surface area contributed by atoms with Gasteiger partial charge in [0.25, 0.3) is 0 Å². The Morgan fingerprint density at radius 2 is 2.06 bits per heavy atom. The van der Waals surface area contributed by atoms with Crippen LogP contribution in [-0.2, 0) is 12.6 Å². The van der Waals surface area contributed by atoms with E-state index in [1.54, 1.807) is 13.0 Å². The number of ether oxygens (including phenoxy) is 1. The van der Waals surface area contributed by atoms with Crippen LogP contribution in [0.15, 0.2) is 40.1 Å². The zero-order chi connectivity index (χ0) is 23.0. The molecule has 2 aromatic heterocycles. The molecule has 0 amide bonds. The second-order valence-corrected chi connectivity index (χ2v) is 7.64. The first-order valence-electron chi connectivity index (χ1n) is 9.49. The molecule has 3 aromatic rings. The maximum atomic E-state index is 12.9. The molecule has 0 aliphatic carbocycles. The molecular weight excluding hydrogens is 449 g/mol. The third-order valence-corrected chi connectivity index (χ3v) is 5.38. The number of benzene rings is 1. The van der Waals surface area contributed by atoms with E-state index in [0.717, 1.165) is 12.1 Å². The maximum Gasteiger partial charge on any atom is 0.416 e. The molecule has 4 rings (SSSR count). The zero-order valence-corrected chi connectivity index (χ0v) is 17.7. The number of Topliss-reactive ketones (excluding diaryl/α,β-unsaturated/α-hetero) is 1. The number of halogens is 4. The molecule has 1 aliphatic rings. The Bertz CT molecular complexity index is 1220. The third-order valence-electron chi connectivity index (χ3n) is 5.04. The first kappa shape index (κ1) is 21.9. The van der Waals surface area contributed by atoms with Gasteiger partial charge in [0.05, 0.1) is 24.1 Å². The van der Waals surface area contributed by atoms with Gasteiger partial charge in [0.15, 0.2) is 5.78 Å². The normalized spacial score (nSPS) is 14.1. The van der Waals surface area contributed by atoms with E-state index in [2.05, 4.69) is 20.1 Å². The average molecular weight is 465 g/mol. The van der Waals surface area contributed by atoms with Gasteiger partial charge >= 0.3 is 6.18 Å². The van der Waals surface area contributed by atoms with E-state index in [1.807, 2.05) is 0 Å². The molecule has 0 spiro atoms. The van der Waals surface area contributed by atoms with Crippen molar-refractivity contribution in [2.24, 2.45) is 4.99 Å². The molecule has 0 saturated heterocycles. The number of ketones is 1. The summed E-state index contributed by atoms with van der Waals surface area (Å²) in [5.41, 5.74) is 1.16. The summed E-state index contributed by atoms with van der Waals surface area (Å²) >= 11 is 6.11. The Hall–Kier alpha value is -3.27. The highest BCUT2D eigenvalue weighted by molar-refractivity contribution is 6.34. The van der Waals surface area contributed by atoms with E-state index >= 15 is 0 Å². The zero-order valence-electron chi connectivity index (χ0n) is 16.9. The van der Waals surface area contributed by atoms with Gasteiger partial charge in [-0.05, 0) is 23.8 Å². The number of nitrogens with zero attached hydrogens (tertiary/aromatic N) is 4. The molecular formula is C21H16ClF3N4O3. The second-order valence-electron chi connectivity index (χ2n) is 7.26. The van der Waals surface area contributed by atoms with Crippen LogP contribution in [0.5, 0.6) is 5.88 Å². The van der Waals surface area contributed by atoms with E-state index in [9.17, 15) is 18.0 Å². The predicted molar refractivity (Wildman–Crippen MR) is 109 cm³/mol. The molecule has 32 heavy (non-hydrogen) atoms. The summed E-state index contributed by atoms with van der Waals surface area (Å²) in [5, 5.41) is 4.02. The number of carbonyl (C=O) groups excluding carboxylic acids is 1. The highest BCUT2D eigenvalue weighted by Crippen LogP contribution is 2.36. The van der Waals surface area contributed by atoms with Gasteiger partial charge in [-0.1, -0.05) is 23.7 Å². The summed E-state index contributed by atoms with van der Waals surface area (Å²) in [6, 6.07) is 5.07. The Balaban J connectivity index is 1.48. The number of hydrogen-bond acceptors (Lipinski definition) is 7. The topological polar surface area (TPSA) is 90.5 Å². The quantitative estimate of drug-likeness (QED) is 0.466. The lowest BCUT2D eigenvalue weighted by molar-refractivity contribution is -0.137. The van der Waals surface area contributed by atoms with Crippen LogP contribution in [0.4, 0.5) is 18.9 Å². The van der Waals surface area contributed by atoms with Crippen molar-refractivity contribution in [1.29, 1.82) is 0 Å². The molecule has 166 valence electrons. The Morgan fingerprint density at radius 3 is 2.78 bits per heavy atom. The van der Waals surface area contributed by atoms with Gasteiger partial charge in [0.2, 0.25) is 5.88 Å². The lowest BCUT2D eigenvalue weighted by Crippen LogP contribution is -2.09. The average Bonchev–Trinajstić information content (AvgIpc) is 3.39. The molecule has 7 nitrogen and oxygen atoms in total. The van der Waals surface area contributed by atoms with Gasteiger partial charge in [0.1, 0.15) is 28.5 Å². The molecule has 0 N–H and O–H groups in total. The predicted octanol–water partition coefficient (Wildman–Crippen LogP) is 5.20. The lowest BCUT2D eigenvalue weighted by atomic mass is 9.99. The number of rotatable bonds is 6. The summed E-state index contributed by atoms with van der Waals surface area (Å²) in [4.78, 5) is 24.8. The number of hydrogen-bond donors (Lipinski definition) is 0. The van der Waals surface area contributed by atoms with Gasteiger partial charge in [-0.2, -0.15) is 13.2 Å². The molecule has 0 fully saturated rings. The van der Waals surface area contributed by atoms with E-state index in [0.29, 0.717) is 28.4 Å². The Kier molecular flexibility index (Phi) is 5.72. The van der Waals surface area contributed by atoms with Crippen molar-refractivity contribution in [3.05, 3.63) is 63.9 Å². The lowest BCUT2D eigenvalue weighted by Gasteiger charge is -2.08. The highest BCUT2D eigenvalue weighted by atomic mass is 35.5. The third kappa shape index (κ3) is 4.22. The maximum absolute atomic E-state index is 12.9. The number of aromatic nitrogens is 3. The van der Waals surface area contributed by atoms with Gasteiger partial charge < -0.3 is 9.26 Å². The van der Waals surface area contributed by atoms with Crippen LogP contribution in [-0.4, -0.2) is 33.7 Å². The van der Waals surface area contributed by atoms with Crippen molar-refractivity contribution in [3.8, 4) is 5.88 Å². The molecule has 1 aromatic carbocycles. The summed E-state index contributed by atoms with van der Waals surface area (Å²) in [6.07, 6.45) is -2.99. The standard InChI is InChI=1S/C21H16ClF3N4O3/c1-10(5-16(30)19-18(22)20(31-2)27-9-26-19)17-8-15(29-32-17)14-7-11-6-12(21(23,24)25)3-4-13(11)28-14/h3-4,6,8-10H,5,7H2,1-2H3/t10-/m1/s1. The number of fused-ring (bicyclic) bond motifs is 1. The molecule has 11 heteroatoms. The van der Waals surface area contributed by atoms with Gasteiger partial charge in [-0.3, -0.25) is 9.79 Å². The van der Waals surface area contributed by atoms with Crippen LogP contribution in [0, 0.1) is 0 Å². The first-order valence-corrected chi connectivity index (χ1v) is 9.87. The highest BCUT2D eigenvalue weighted by Gasteiger charge is 2.32. The molecule has 3 heterocycles. The van der Waals surface area contributed by atoms with Gasteiger partial charge in [0, 0.05) is 24.8 Å². The molecule has 1 aliphatic heterocycles. The van der Waals surface area contributed by atoms with Crippen LogP contribution in [0.1, 0.15) is 52.3 Å². The van der Waals surface area contributed by atoms with Crippen LogP contribution in [0.3, 0.4) is 0 Å². The number of methoxy groups -OCH3 is 1. The first-order chi connectivity index (χ1) is 15.2. The Labute approximate surface area is 185 Å². The minimum Gasteiger partial charge on any atom is -0.480 e. The number of carbonyl (C=O) groups is 1. The monoisotopic (exact) mass is 464 g/mol. The van der Waals surface area contributed by atoms with Crippen LogP contribution >= 0.6 is 11.6 Å². The molecule has 0 radical (unpaired) electrons. The van der Waals surface area contributed by atoms with Crippen molar-refractivity contribution in [3.63, 3.8) is 0 Å². The Morgan fingerprint density at radius 1 is 1.28 bits per heavy atom. The van der Waals surface area contributed by atoms with E-state index < -0.39 is 11.7 Å². The molecule has 0 bridgehead atoms. The minimum atomic E-state index is -4.42. The van der Waals surface area contributed by atoms with Crippen molar-refractivity contribution in [1.82, 2.24) is 15.1 Å². The van der Waals surface area contributed by atoms with Crippen LogP contribution < -0.4 is 4.74 Å². The minimum absolute atomic E-state index is 0.0294. The molecule has 0 saturated carbocycles. The van der Waals surface area contributed by atoms with Crippen LogP contribution in [0.2, 0.25) is 5.02 Å². The fourth-order valence-electron chi connectivity index (χ4n) is 3.35. The fraction of sp³-hybridized carbons (Fsp3) is 0.286. The van der Waals surface area contributed by atoms with E-state index in [4.69, 9.17) is 20.9 Å². The van der Waals surface area contributed by atoms with Crippen molar-refractivity contribution in [2.45, 2.75) is 31.9 Å². The number of alkyl halides is 3. The molecule has 1 atom stereocenters. The fourth-order valence-corrected chi connectivity index (χ4v) is 3.63. The van der Waals surface area contributed by atoms with E-state index in [1.165, 1.54) is 19.5 Å². The van der Waals surface area contributed by atoms with Crippen LogP contribution in [0.25, 0.3) is 0 Å². The molecule has 0 unspecified atom stereocenters. The van der Waals surface area contributed by atoms with E-state index in [-0.39, 0.29) is 41.1 Å². The summed E-state index contributed by atoms with van der Waals surface area (Å²) in [5.74, 6) is -0.152. The van der Waals surface area contributed by atoms with Crippen molar-refractivity contribution in [2.75, 3.05) is 7.11 Å². The van der Waals surface area contributed by atoms with Gasteiger partial charge in [-0.25, -0.2) is 9.97 Å². The largest absolute Gasteiger partial charge is 0.480 e. The number of aliphatic imine (C=N–C) groups is 1. The summed E-state index contributed by atoms with van der Waals surface area (Å²) in [7, 11) is 1.38. The SMILES string of the molecule is COc1ncnc(C(=O)C[C@@H](C)c2cc(C3=Nc4ccc(C(F)(F)F)cc4C3)no2)c1Cl. The second kappa shape index (κ2) is 8.34. The van der Waals surface area contributed by atoms with Crippen molar-refractivity contribution >= 4 is 28.8 Å². The van der Waals surface area contributed by atoms with Gasteiger partial charge in [-0.15, -0.1) is 0 Å². The smallest absolute Gasteiger partial charge is 0.416 e. The summed E-state index contributed by atoms with van der Waals surface area (Å²) < 4.78 is 49.2.